The smallest absolute Gasteiger partial charge is 0.342 e. The third-order valence-corrected chi connectivity index (χ3v) is 4.50. The van der Waals surface area contributed by atoms with E-state index >= 15 is 0 Å². The highest BCUT2D eigenvalue weighted by Gasteiger charge is 2.24. The van der Waals surface area contributed by atoms with Gasteiger partial charge >= 0.3 is 12.0 Å². The number of halogens is 1. The predicted octanol–water partition coefficient (Wildman–Crippen LogP) is 2.86. The van der Waals surface area contributed by atoms with Crippen molar-refractivity contribution in [1.29, 1.82) is 0 Å². The second-order valence-electron chi connectivity index (χ2n) is 6.01. The van der Waals surface area contributed by atoms with Crippen LogP contribution in [0.4, 0.5) is 4.79 Å². The van der Waals surface area contributed by atoms with Crippen LogP contribution < -0.4 is 10.6 Å². The van der Waals surface area contributed by atoms with Crippen molar-refractivity contribution in [2.45, 2.75) is 51.2 Å². The molecule has 25 heavy (non-hydrogen) atoms. The number of amides is 3. The lowest BCUT2D eigenvalue weighted by atomic mass is 9.96. The number of carbonyl (C=O) groups is 3. The van der Waals surface area contributed by atoms with Crippen molar-refractivity contribution in [1.82, 2.24) is 10.6 Å². The van der Waals surface area contributed by atoms with Gasteiger partial charge in [0.15, 0.2) is 6.10 Å². The molecule has 0 saturated heterocycles. The van der Waals surface area contributed by atoms with Crippen LogP contribution in [0.5, 0.6) is 5.75 Å². The van der Waals surface area contributed by atoms with Crippen LogP contribution >= 0.6 is 15.9 Å². The van der Waals surface area contributed by atoms with Crippen LogP contribution in [0.1, 0.15) is 49.4 Å². The van der Waals surface area contributed by atoms with Crippen molar-refractivity contribution in [3.63, 3.8) is 0 Å². The molecule has 0 aromatic heterocycles. The maximum atomic E-state index is 12.1. The molecule has 2 rings (SSSR count). The average Bonchev–Trinajstić information content (AvgIpc) is 2.57. The Morgan fingerprint density at radius 3 is 2.60 bits per heavy atom. The molecule has 136 valence electrons. The normalized spacial score (nSPS) is 15.9. The van der Waals surface area contributed by atoms with E-state index in [2.05, 4.69) is 26.6 Å². The van der Waals surface area contributed by atoms with Crippen LogP contribution in [0.2, 0.25) is 0 Å². The van der Waals surface area contributed by atoms with Crippen LogP contribution in [0.15, 0.2) is 22.7 Å². The standard InChI is InChI=1S/C17H21BrN2O5/c1-10(25-16(23)13-9-11(18)7-8-14(13)21)15(22)20-17(24)19-12-5-3-2-4-6-12/h7-10,12,21H,2-6H2,1H3,(H2,19,20,22,24)/t10-/m1/s1. The SMILES string of the molecule is C[C@@H](OC(=O)c1cc(Br)ccc1O)C(=O)NC(=O)NC1CCCCC1. The molecular formula is C17H21BrN2O5. The predicted molar refractivity (Wildman–Crippen MR) is 94.2 cm³/mol. The minimum atomic E-state index is -1.18. The Bertz CT molecular complexity index is 658. The molecule has 1 saturated carbocycles. The van der Waals surface area contributed by atoms with Gasteiger partial charge in [0.25, 0.3) is 5.91 Å². The number of esters is 1. The zero-order valence-corrected chi connectivity index (χ0v) is 15.5. The summed E-state index contributed by atoms with van der Waals surface area (Å²) in [6.07, 6.45) is 3.89. The number of hydrogen-bond donors (Lipinski definition) is 3. The molecule has 0 heterocycles. The Balaban J connectivity index is 1.85. The molecule has 0 aliphatic heterocycles. The zero-order valence-electron chi connectivity index (χ0n) is 13.9. The summed E-state index contributed by atoms with van der Waals surface area (Å²) in [5.41, 5.74) is -0.0688. The van der Waals surface area contributed by atoms with Crippen LogP contribution in [0.3, 0.4) is 0 Å². The second-order valence-corrected chi connectivity index (χ2v) is 6.92. The Morgan fingerprint density at radius 1 is 1.24 bits per heavy atom. The molecule has 1 fully saturated rings. The van der Waals surface area contributed by atoms with Crippen molar-refractivity contribution < 1.29 is 24.2 Å². The summed E-state index contributed by atoms with van der Waals surface area (Å²) in [6, 6.07) is 3.77. The largest absolute Gasteiger partial charge is 0.507 e. The molecule has 3 N–H and O–H groups in total. The Kier molecular flexibility index (Phi) is 6.81. The van der Waals surface area contributed by atoms with Crippen molar-refractivity contribution in [2.75, 3.05) is 0 Å². The topological polar surface area (TPSA) is 105 Å². The van der Waals surface area contributed by atoms with Crippen LogP contribution in [-0.4, -0.2) is 35.2 Å². The number of ether oxygens (including phenoxy) is 1. The molecule has 0 radical (unpaired) electrons. The van der Waals surface area contributed by atoms with Gasteiger partial charge in [0.05, 0.1) is 0 Å². The summed E-state index contributed by atoms with van der Waals surface area (Å²) in [4.78, 5) is 35.9. The number of phenols is 1. The van der Waals surface area contributed by atoms with Gasteiger partial charge in [-0.3, -0.25) is 10.1 Å². The summed E-state index contributed by atoms with van der Waals surface area (Å²) in [7, 11) is 0. The van der Waals surface area contributed by atoms with E-state index in [-0.39, 0.29) is 17.4 Å². The molecule has 1 aromatic carbocycles. The first kappa shape index (κ1) is 19.2. The highest BCUT2D eigenvalue weighted by atomic mass is 79.9. The summed E-state index contributed by atoms with van der Waals surface area (Å²) in [6.45, 7) is 1.36. The van der Waals surface area contributed by atoms with E-state index < -0.39 is 24.0 Å². The zero-order chi connectivity index (χ0) is 18.4. The quantitative estimate of drug-likeness (QED) is 0.659. The summed E-state index contributed by atoms with van der Waals surface area (Å²) in [5.74, 6) is -1.83. The van der Waals surface area contributed by atoms with Crippen molar-refractivity contribution >= 4 is 33.8 Å². The molecule has 0 unspecified atom stereocenters. The van der Waals surface area contributed by atoms with E-state index in [1.54, 1.807) is 6.07 Å². The lowest BCUT2D eigenvalue weighted by molar-refractivity contribution is -0.127. The summed E-state index contributed by atoms with van der Waals surface area (Å²) in [5, 5.41) is 14.6. The summed E-state index contributed by atoms with van der Waals surface area (Å²) < 4.78 is 5.60. The third kappa shape index (κ3) is 5.74. The van der Waals surface area contributed by atoms with Gasteiger partial charge in [-0.2, -0.15) is 0 Å². The fourth-order valence-corrected chi connectivity index (χ4v) is 2.99. The van der Waals surface area contributed by atoms with Gasteiger partial charge in [0.2, 0.25) is 0 Å². The van der Waals surface area contributed by atoms with E-state index in [1.807, 2.05) is 0 Å². The maximum absolute atomic E-state index is 12.1. The fraction of sp³-hybridized carbons (Fsp3) is 0.471. The number of nitrogens with one attached hydrogen (secondary N) is 2. The third-order valence-electron chi connectivity index (χ3n) is 4.01. The molecule has 1 aromatic rings. The molecule has 1 aliphatic rings. The number of carbonyl (C=O) groups excluding carboxylic acids is 3. The van der Waals surface area contributed by atoms with Gasteiger partial charge in [-0.1, -0.05) is 35.2 Å². The van der Waals surface area contributed by atoms with Crippen molar-refractivity contribution in [2.24, 2.45) is 0 Å². The molecule has 7 nitrogen and oxygen atoms in total. The van der Waals surface area contributed by atoms with Crippen LogP contribution in [0.25, 0.3) is 0 Å². The Hall–Kier alpha value is -2.09. The van der Waals surface area contributed by atoms with E-state index in [0.717, 1.165) is 32.1 Å². The minimum Gasteiger partial charge on any atom is -0.507 e. The highest BCUT2D eigenvalue weighted by molar-refractivity contribution is 9.10. The minimum absolute atomic E-state index is 0.0676. The highest BCUT2D eigenvalue weighted by Crippen LogP contribution is 2.23. The first-order valence-corrected chi connectivity index (χ1v) is 8.97. The molecular weight excluding hydrogens is 392 g/mol. The van der Waals surface area contributed by atoms with E-state index in [1.165, 1.54) is 19.1 Å². The van der Waals surface area contributed by atoms with Gasteiger partial charge in [0.1, 0.15) is 11.3 Å². The lowest BCUT2D eigenvalue weighted by Gasteiger charge is -2.23. The first-order valence-electron chi connectivity index (χ1n) is 8.17. The van der Waals surface area contributed by atoms with E-state index in [9.17, 15) is 19.5 Å². The Labute approximate surface area is 154 Å². The number of hydrogen-bond acceptors (Lipinski definition) is 5. The number of aromatic hydroxyl groups is 1. The monoisotopic (exact) mass is 412 g/mol. The first-order chi connectivity index (χ1) is 11.9. The average molecular weight is 413 g/mol. The number of phenolic OH excluding ortho intramolecular Hbond substituents is 1. The molecule has 0 bridgehead atoms. The van der Waals surface area contributed by atoms with Gasteiger partial charge in [-0.15, -0.1) is 0 Å². The number of imide groups is 1. The van der Waals surface area contributed by atoms with E-state index in [4.69, 9.17) is 4.74 Å². The van der Waals surface area contributed by atoms with Crippen molar-refractivity contribution in [3.05, 3.63) is 28.2 Å². The van der Waals surface area contributed by atoms with E-state index in [0.29, 0.717) is 4.47 Å². The van der Waals surface area contributed by atoms with Gasteiger partial charge in [-0.05, 0) is 38.0 Å². The van der Waals surface area contributed by atoms with Gasteiger partial charge < -0.3 is 15.2 Å². The second kappa shape index (κ2) is 8.84. The lowest BCUT2D eigenvalue weighted by Crippen LogP contribution is -2.48. The van der Waals surface area contributed by atoms with Gasteiger partial charge in [-0.25, -0.2) is 9.59 Å². The van der Waals surface area contributed by atoms with Crippen molar-refractivity contribution in [3.8, 4) is 5.75 Å². The number of rotatable bonds is 4. The maximum Gasteiger partial charge on any atom is 0.342 e. The molecule has 1 atom stereocenters. The molecule has 8 heteroatoms. The van der Waals surface area contributed by atoms with Crippen LogP contribution in [-0.2, 0) is 9.53 Å². The fourth-order valence-electron chi connectivity index (χ4n) is 2.63. The summed E-state index contributed by atoms with van der Waals surface area (Å²) >= 11 is 3.19. The number of urea groups is 1. The molecule has 1 aliphatic carbocycles. The van der Waals surface area contributed by atoms with Gasteiger partial charge in [0, 0.05) is 10.5 Å². The Morgan fingerprint density at radius 2 is 1.92 bits per heavy atom. The number of benzene rings is 1. The molecule has 3 amide bonds. The van der Waals surface area contributed by atoms with Crippen LogP contribution in [0, 0.1) is 0 Å². The molecule has 0 spiro atoms.